The van der Waals surface area contributed by atoms with Gasteiger partial charge >= 0.3 is 0 Å². The van der Waals surface area contributed by atoms with Crippen LogP contribution in [0.4, 0.5) is 0 Å². The summed E-state index contributed by atoms with van der Waals surface area (Å²) in [5, 5.41) is 5.34. The van der Waals surface area contributed by atoms with Crippen LogP contribution in [-0.2, 0) is 0 Å². The maximum absolute atomic E-state index is 4.67. The molecule has 0 bridgehead atoms. The smallest absolute Gasteiger partial charge is 0.156 e. The highest BCUT2D eigenvalue weighted by molar-refractivity contribution is 8.13. The van der Waals surface area contributed by atoms with E-state index in [2.05, 4.69) is 44.3 Å². The second kappa shape index (κ2) is 6.20. The molecule has 0 spiro atoms. The Labute approximate surface area is 108 Å². The van der Waals surface area contributed by atoms with E-state index in [1.54, 1.807) is 0 Å². The average Bonchev–Trinajstić information content (AvgIpc) is 2.25. The monoisotopic (exact) mass is 260 g/mol. The van der Waals surface area contributed by atoms with Crippen LogP contribution < -0.4 is 5.32 Å². The summed E-state index contributed by atoms with van der Waals surface area (Å²) in [6.45, 7) is 10.0. The fourth-order valence-electron chi connectivity index (χ4n) is 1.56. The van der Waals surface area contributed by atoms with Crippen molar-refractivity contribution in [3.05, 3.63) is 0 Å². The molecule has 1 aliphatic rings. The van der Waals surface area contributed by atoms with Crippen molar-refractivity contribution in [3.8, 4) is 0 Å². The van der Waals surface area contributed by atoms with Crippen molar-refractivity contribution in [2.75, 3.05) is 18.6 Å². The van der Waals surface area contributed by atoms with E-state index in [0.717, 1.165) is 11.7 Å². The number of aliphatic imine (C=N–C) groups is 1. The Balaban J connectivity index is 2.50. The van der Waals surface area contributed by atoms with Gasteiger partial charge in [-0.25, -0.2) is 0 Å². The Hall–Kier alpha value is 0.170. The lowest BCUT2D eigenvalue weighted by molar-refractivity contribution is 0.290. The highest BCUT2D eigenvalue weighted by atomic mass is 32.2. The first-order chi connectivity index (χ1) is 7.43. The van der Waals surface area contributed by atoms with Crippen molar-refractivity contribution >= 4 is 28.7 Å². The Morgan fingerprint density at radius 2 is 2.25 bits per heavy atom. The standard InChI is InChI=1S/C12H24N2S2/c1-9(15-5)8-13-11-14-10(6-7-16-11)12(2,3)4/h9-10H,6-8H2,1-5H3,(H,13,14). The minimum atomic E-state index is 0.326. The zero-order chi connectivity index (χ0) is 12.2. The second-order valence-corrected chi connectivity index (χ2v) is 7.75. The molecule has 1 aliphatic heterocycles. The molecule has 0 amide bonds. The largest absolute Gasteiger partial charge is 0.362 e. The normalized spacial score (nSPS) is 26.6. The third-order valence-electron chi connectivity index (χ3n) is 2.88. The zero-order valence-electron chi connectivity index (χ0n) is 11.0. The molecule has 2 atom stereocenters. The van der Waals surface area contributed by atoms with E-state index >= 15 is 0 Å². The molecule has 0 radical (unpaired) electrons. The summed E-state index contributed by atoms with van der Waals surface area (Å²) in [7, 11) is 0. The number of amidine groups is 1. The van der Waals surface area contributed by atoms with Gasteiger partial charge in [0, 0.05) is 17.0 Å². The van der Waals surface area contributed by atoms with Crippen LogP contribution in [0.15, 0.2) is 4.99 Å². The van der Waals surface area contributed by atoms with E-state index in [9.17, 15) is 0 Å². The fraction of sp³-hybridized carbons (Fsp3) is 0.917. The maximum atomic E-state index is 4.67. The van der Waals surface area contributed by atoms with Crippen LogP contribution in [0.2, 0.25) is 0 Å². The molecule has 2 nitrogen and oxygen atoms in total. The van der Waals surface area contributed by atoms with Gasteiger partial charge in [-0.1, -0.05) is 39.5 Å². The molecule has 0 saturated carbocycles. The van der Waals surface area contributed by atoms with Gasteiger partial charge in [0.1, 0.15) is 0 Å². The van der Waals surface area contributed by atoms with Gasteiger partial charge in [0.15, 0.2) is 5.17 Å². The first-order valence-electron chi connectivity index (χ1n) is 5.90. The predicted octanol–water partition coefficient (Wildman–Crippen LogP) is 3.24. The zero-order valence-corrected chi connectivity index (χ0v) is 12.7. The summed E-state index contributed by atoms with van der Waals surface area (Å²) in [6, 6.07) is 0.567. The van der Waals surface area contributed by atoms with Crippen molar-refractivity contribution in [3.63, 3.8) is 0 Å². The Morgan fingerprint density at radius 3 is 2.81 bits per heavy atom. The van der Waals surface area contributed by atoms with E-state index in [0.29, 0.717) is 16.7 Å². The quantitative estimate of drug-likeness (QED) is 0.843. The molecule has 1 fully saturated rings. The number of hydrogen-bond donors (Lipinski definition) is 1. The topological polar surface area (TPSA) is 24.4 Å². The van der Waals surface area contributed by atoms with E-state index in [1.165, 1.54) is 12.2 Å². The molecule has 0 aromatic heterocycles. The maximum Gasteiger partial charge on any atom is 0.156 e. The molecule has 0 aromatic rings. The Kier molecular flexibility index (Phi) is 5.51. The molecule has 1 rings (SSSR count). The summed E-state index contributed by atoms with van der Waals surface area (Å²) in [5.41, 5.74) is 0.326. The first-order valence-corrected chi connectivity index (χ1v) is 8.17. The average molecular weight is 260 g/mol. The highest BCUT2D eigenvalue weighted by Crippen LogP contribution is 2.27. The molecule has 0 aromatic carbocycles. The van der Waals surface area contributed by atoms with Crippen molar-refractivity contribution in [2.24, 2.45) is 10.4 Å². The Bertz CT molecular complexity index is 246. The molecule has 0 aliphatic carbocycles. The Morgan fingerprint density at radius 1 is 1.56 bits per heavy atom. The number of nitrogens with one attached hydrogen (secondary N) is 1. The predicted molar refractivity (Wildman–Crippen MR) is 78.7 cm³/mol. The van der Waals surface area contributed by atoms with Gasteiger partial charge in [-0.3, -0.25) is 4.99 Å². The SMILES string of the molecule is CSC(C)CN=C1NC(C(C)(C)C)CCS1. The highest BCUT2D eigenvalue weighted by Gasteiger charge is 2.28. The second-order valence-electron chi connectivity index (χ2n) is 5.39. The van der Waals surface area contributed by atoms with E-state index in [-0.39, 0.29) is 0 Å². The van der Waals surface area contributed by atoms with Crippen LogP contribution in [0, 0.1) is 5.41 Å². The van der Waals surface area contributed by atoms with Crippen LogP contribution in [0.1, 0.15) is 34.1 Å². The number of thioether (sulfide) groups is 2. The molecular formula is C12H24N2S2. The lowest BCUT2D eigenvalue weighted by Crippen LogP contribution is -2.46. The molecule has 16 heavy (non-hydrogen) atoms. The molecule has 4 heteroatoms. The van der Waals surface area contributed by atoms with E-state index < -0.39 is 0 Å². The van der Waals surface area contributed by atoms with Gasteiger partial charge in [-0.05, 0) is 18.1 Å². The van der Waals surface area contributed by atoms with Crippen LogP contribution in [-0.4, -0.2) is 35.0 Å². The summed E-state index contributed by atoms with van der Waals surface area (Å²) in [5.74, 6) is 1.20. The van der Waals surface area contributed by atoms with Gasteiger partial charge in [-0.2, -0.15) is 11.8 Å². The third kappa shape index (κ3) is 4.58. The van der Waals surface area contributed by atoms with Gasteiger partial charge in [0.05, 0.1) is 6.54 Å². The minimum absolute atomic E-state index is 0.326. The van der Waals surface area contributed by atoms with Crippen molar-refractivity contribution in [1.82, 2.24) is 5.32 Å². The summed E-state index contributed by atoms with van der Waals surface area (Å²) < 4.78 is 0. The van der Waals surface area contributed by atoms with Crippen molar-refractivity contribution in [2.45, 2.75) is 45.4 Å². The number of nitrogens with zero attached hydrogens (tertiary/aromatic N) is 1. The first kappa shape index (κ1) is 14.2. The molecular weight excluding hydrogens is 236 g/mol. The van der Waals surface area contributed by atoms with Crippen molar-refractivity contribution in [1.29, 1.82) is 0 Å². The molecule has 1 N–H and O–H groups in total. The lowest BCUT2D eigenvalue weighted by atomic mass is 9.85. The van der Waals surface area contributed by atoms with Crippen LogP contribution in [0.5, 0.6) is 0 Å². The summed E-state index contributed by atoms with van der Waals surface area (Å²) >= 11 is 3.74. The molecule has 94 valence electrons. The summed E-state index contributed by atoms with van der Waals surface area (Å²) in [4.78, 5) is 4.67. The van der Waals surface area contributed by atoms with Gasteiger partial charge in [0.25, 0.3) is 0 Å². The van der Waals surface area contributed by atoms with Crippen LogP contribution >= 0.6 is 23.5 Å². The van der Waals surface area contributed by atoms with Gasteiger partial charge in [0.2, 0.25) is 0 Å². The van der Waals surface area contributed by atoms with Gasteiger partial charge < -0.3 is 5.32 Å². The van der Waals surface area contributed by atoms with Gasteiger partial charge in [-0.15, -0.1) is 0 Å². The molecule has 2 unspecified atom stereocenters. The number of hydrogen-bond acceptors (Lipinski definition) is 3. The third-order valence-corrected chi connectivity index (χ3v) is 4.80. The fourth-order valence-corrected chi connectivity index (χ4v) is 2.73. The molecule has 1 heterocycles. The van der Waals surface area contributed by atoms with E-state index in [4.69, 9.17) is 0 Å². The van der Waals surface area contributed by atoms with Crippen LogP contribution in [0.3, 0.4) is 0 Å². The van der Waals surface area contributed by atoms with Crippen LogP contribution in [0.25, 0.3) is 0 Å². The van der Waals surface area contributed by atoms with Crippen molar-refractivity contribution < 1.29 is 0 Å². The minimum Gasteiger partial charge on any atom is -0.362 e. The summed E-state index contributed by atoms with van der Waals surface area (Å²) in [6.07, 6.45) is 3.38. The lowest BCUT2D eigenvalue weighted by Gasteiger charge is -2.35. The molecule has 1 saturated heterocycles. The number of rotatable bonds is 3. The van der Waals surface area contributed by atoms with E-state index in [1.807, 2.05) is 23.5 Å².